The fraction of sp³-hybridized carbons (Fsp3) is 0.462. The van der Waals surface area contributed by atoms with Gasteiger partial charge in [-0.05, 0) is 43.0 Å². The molecule has 1 aliphatic heterocycles. The molecule has 1 heterocycles. The zero-order valence-corrected chi connectivity index (χ0v) is 11.0. The van der Waals surface area contributed by atoms with Crippen LogP contribution in [0.5, 0.6) is 0 Å². The highest BCUT2D eigenvalue weighted by molar-refractivity contribution is 6.30. The van der Waals surface area contributed by atoms with Crippen LogP contribution in [0.2, 0.25) is 5.02 Å². The lowest BCUT2D eigenvalue weighted by atomic mass is 9.93. The molecule has 1 aliphatic rings. The van der Waals surface area contributed by atoms with E-state index in [0.717, 1.165) is 18.9 Å². The summed E-state index contributed by atoms with van der Waals surface area (Å²) in [5, 5.41) is 19.6. The number of hydrogen-bond donors (Lipinski definition) is 2. The second-order valence-electron chi connectivity index (χ2n) is 4.69. The molecule has 1 amide bonds. The van der Waals surface area contributed by atoms with Gasteiger partial charge in [-0.25, -0.2) is 9.18 Å². The van der Waals surface area contributed by atoms with Gasteiger partial charge in [-0.2, -0.15) is 0 Å². The molecule has 6 heteroatoms. The van der Waals surface area contributed by atoms with Gasteiger partial charge in [0, 0.05) is 11.6 Å². The van der Waals surface area contributed by atoms with Crippen molar-refractivity contribution in [2.45, 2.75) is 31.4 Å². The van der Waals surface area contributed by atoms with Crippen LogP contribution in [-0.4, -0.2) is 33.8 Å². The zero-order valence-electron chi connectivity index (χ0n) is 10.2. The molecule has 2 N–H and O–H groups in total. The van der Waals surface area contributed by atoms with E-state index in [2.05, 4.69) is 0 Å². The van der Waals surface area contributed by atoms with Crippen LogP contribution in [0, 0.1) is 5.82 Å². The van der Waals surface area contributed by atoms with E-state index < -0.39 is 24.1 Å². The Labute approximate surface area is 115 Å². The van der Waals surface area contributed by atoms with E-state index in [1.807, 2.05) is 0 Å². The van der Waals surface area contributed by atoms with Crippen LogP contribution >= 0.6 is 11.6 Å². The van der Waals surface area contributed by atoms with Crippen molar-refractivity contribution < 1.29 is 19.4 Å². The Balaban J connectivity index is 2.25. The van der Waals surface area contributed by atoms with Crippen molar-refractivity contribution in [2.75, 3.05) is 6.54 Å². The fourth-order valence-corrected chi connectivity index (χ4v) is 2.72. The van der Waals surface area contributed by atoms with Crippen molar-refractivity contribution in [1.82, 2.24) is 4.90 Å². The Bertz CT molecular complexity index is 463. The average molecular weight is 288 g/mol. The van der Waals surface area contributed by atoms with Gasteiger partial charge in [0.05, 0.1) is 12.1 Å². The molecule has 0 bridgehead atoms. The standard InChI is InChI=1S/C13H15ClFNO3/c14-9-5-8(6-10(15)7-9)12(17)11-3-1-2-4-16(11)13(18)19/h5-7,11-12,17H,1-4H2,(H,18,19)/t11-,12?/m1/s1. The monoisotopic (exact) mass is 287 g/mol. The van der Waals surface area contributed by atoms with E-state index in [9.17, 15) is 14.3 Å². The number of benzene rings is 1. The van der Waals surface area contributed by atoms with Crippen LogP contribution in [0.4, 0.5) is 9.18 Å². The fourth-order valence-electron chi connectivity index (χ4n) is 2.49. The molecule has 2 atom stereocenters. The topological polar surface area (TPSA) is 60.8 Å². The summed E-state index contributed by atoms with van der Waals surface area (Å²) < 4.78 is 13.3. The van der Waals surface area contributed by atoms with E-state index >= 15 is 0 Å². The summed E-state index contributed by atoms with van der Waals surface area (Å²) in [5.74, 6) is -0.542. The van der Waals surface area contributed by atoms with Gasteiger partial charge < -0.3 is 15.1 Å². The second kappa shape index (κ2) is 5.75. The van der Waals surface area contributed by atoms with Crippen LogP contribution < -0.4 is 0 Å². The van der Waals surface area contributed by atoms with Gasteiger partial charge in [-0.3, -0.25) is 0 Å². The zero-order chi connectivity index (χ0) is 14.0. The number of hydrogen-bond acceptors (Lipinski definition) is 2. The first kappa shape index (κ1) is 14.1. The maximum Gasteiger partial charge on any atom is 0.407 e. The number of halogens is 2. The molecular weight excluding hydrogens is 273 g/mol. The Morgan fingerprint density at radius 2 is 2.16 bits per heavy atom. The molecule has 0 aliphatic carbocycles. The summed E-state index contributed by atoms with van der Waals surface area (Å²) in [4.78, 5) is 12.4. The van der Waals surface area contributed by atoms with Crippen LogP contribution in [0.25, 0.3) is 0 Å². The first-order chi connectivity index (χ1) is 8.99. The first-order valence-electron chi connectivity index (χ1n) is 6.12. The molecule has 2 rings (SSSR count). The SMILES string of the molecule is O=C(O)N1CCCC[C@@H]1C(O)c1cc(F)cc(Cl)c1. The smallest absolute Gasteiger partial charge is 0.407 e. The number of nitrogens with zero attached hydrogens (tertiary/aromatic N) is 1. The molecule has 4 nitrogen and oxygen atoms in total. The van der Waals surface area contributed by atoms with Crippen LogP contribution in [-0.2, 0) is 0 Å². The minimum atomic E-state index is -1.07. The summed E-state index contributed by atoms with van der Waals surface area (Å²) >= 11 is 5.75. The summed E-state index contributed by atoms with van der Waals surface area (Å²) in [6, 6.07) is 3.24. The number of aliphatic hydroxyl groups is 1. The third-order valence-corrected chi connectivity index (χ3v) is 3.60. The minimum Gasteiger partial charge on any atom is -0.465 e. The molecule has 1 aromatic rings. The van der Waals surface area contributed by atoms with Crippen molar-refractivity contribution in [2.24, 2.45) is 0 Å². The predicted octanol–water partition coefficient (Wildman–Crippen LogP) is 3.05. The van der Waals surface area contributed by atoms with Gasteiger partial charge >= 0.3 is 6.09 Å². The highest BCUT2D eigenvalue weighted by Gasteiger charge is 2.33. The highest BCUT2D eigenvalue weighted by Crippen LogP contribution is 2.30. The van der Waals surface area contributed by atoms with Gasteiger partial charge in [0.1, 0.15) is 5.82 Å². The summed E-state index contributed by atoms with van der Waals surface area (Å²) in [6.45, 7) is 0.389. The highest BCUT2D eigenvalue weighted by atomic mass is 35.5. The van der Waals surface area contributed by atoms with Crippen molar-refractivity contribution in [3.63, 3.8) is 0 Å². The lowest BCUT2D eigenvalue weighted by Gasteiger charge is -2.36. The molecule has 0 saturated carbocycles. The van der Waals surface area contributed by atoms with Gasteiger partial charge in [-0.15, -0.1) is 0 Å². The number of likely N-dealkylation sites (tertiary alicyclic amines) is 1. The van der Waals surface area contributed by atoms with E-state index in [-0.39, 0.29) is 5.02 Å². The molecule has 0 aromatic heterocycles. The van der Waals surface area contributed by atoms with Crippen molar-refractivity contribution in [3.05, 3.63) is 34.6 Å². The average Bonchev–Trinajstić information content (AvgIpc) is 2.36. The van der Waals surface area contributed by atoms with Gasteiger partial charge in [-0.1, -0.05) is 11.6 Å². The van der Waals surface area contributed by atoms with Crippen LogP contribution in [0.15, 0.2) is 18.2 Å². The van der Waals surface area contributed by atoms with Crippen molar-refractivity contribution in [1.29, 1.82) is 0 Å². The third kappa shape index (κ3) is 3.16. The van der Waals surface area contributed by atoms with E-state index in [4.69, 9.17) is 16.7 Å². The largest absolute Gasteiger partial charge is 0.465 e. The third-order valence-electron chi connectivity index (χ3n) is 3.39. The molecule has 1 unspecified atom stereocenters. The number of amides is 1. The molecule has 1 fully saturated rings. The number of carbonyl (C=O) groups is 1. The van der Waals surface area contributed by atoms with Crippen molar-refractivity contribution >= 4 is 17.7 Å². The quantitative estimate of drug-likeness (QED) is 0.879. The summed E-state index contributed by atoms with van der Waals surface area (Å²) in [5.41, 5.74) is 0.308. The molecule has 1 saturated heterocycles. The van der Waals surface area contributed by atoms with Gasteiger partial charge in [0.2, 0.25) is 0 Å². The van der Waals surface area contributed by atoms with Gasteiger partial charge in [0.15, 0.2) is 0 Å². The maximum absolute atomic E-state index is 13.3. The minimum absolute atomic E-state index is 0.187. The molecule has 19 heavy (non-hydrogen) atoms. The summed E-state index contributed by atoms with van der Waals surface area (Å²) in [6.07, 6.45) is 0.0473. The number of piperidine rings is 1. The Morgan fingerprint density at radius 1 is 1.42 bits per heavy atom. The molecule has 1 aromatic carbocycles. The van der Waals surface area contributed by atoms with E-state index in [0.29, 0.717) is 18.5 Å². The van der Waals surface area contributed by atoms with Crippen LogP contribution in [0.3, 0.4) is 0 Å². The number of rotatable bonds is 2. The molecular formula is C13H15ClFNO3. The number of aliphatic hydroxyl groups excluding tert-OH is 1. The van der Waals surface area contributed by atoms with Crippen LogP contribution in [0.1, 0.15) is 30.9 Å². The lowest BCUT2D eigenvalue weighted by molar-refractivity contribution is 0.0284. The van der Waals surface area contributed by atoms with E-state index in [1.54, 1.807) is 0 Å². The molecule has 0 radical (unpaired) electrons. The normalized spacial score (nSPS) is 21.2. The first-order valence-corrected chi connectivity index (χ1v) is 6.50. The maximum atomic E-state index is 13.3. The second-order valence-corrected chi connectivity index (χ2v) is 5.12. The molecule has 0 spiro atoms. The lowest BCUT2D eigenvalue weighted by Crippen LogP contribution is -2.46. The Hall–Kier alpha value is -1.33. The molecule has 104 valence electrons. The summed E-state index contributed by atoms with van der Waals surface area (Å²) in [7, 11) is 0. The van der Waals surface area contributed by atoms with Crippen molar-refractivity contribution in [3.8, 4) is 0 Å². The van der Waals surface area contributed by atoms with Gasteiger partial charge in [0.25, 0.3) is 0 Å². The number of carboxylic acid groups (broad SMARTS) is 1. The Kier molecular flexibility index (Phi) is 4.27. The predicted molar refractivity (Wildman–Crippen MR) is 68.7 cm³/mol. The van der Waals surface area contributed by atoms with E-state index in [1.165, 1.54) is 17.0 Å². The Morgan fingerprint density at radius 3 is 2.79 bits per heavy atom.